The predicted molar refractivity (Wildman–Crippen MR) is 60.0 cm³/mol. The first-order valence-corrected chi connectivity index (χ1v) is 5.39. The summed E-state index contributed by atoms with van der Waals surface area (Å²) >= 11 is 9.06. The summed E-state index contributed by atoms with van der Waals surface area (Å²) in [6, 6.07) is 5.37. The van der Waals surface area contributed by atoms with E-state index in [2.05, 4.69) is 20.9 Å². The van der Waals surface area contributed by atoms with Crippen LogP contribution in [0.2, 0.25) is 5.02 Å². The molecule has 0 atom stereocenters. The fourth-order valence-electron chi connectivity index (χ4n) is 1.04. The largest absolute Gasteiger partial charge is 0.469 e. The van der Waals surface area contributed by atoms with Gasteiger partial charge in [-0.25, -0.2) is 4.98 Å². The van der Waals surface area contributed by atoms with Gasteiger partial charge in [0.05, 0.1) is 15.8 Å². The van der Waals surface area contributed by atoms with E-state index in [1.165, 1.54) is 6.20 Å². The van der Waals surface area contributed by atoms with E-state index in [4.69, 9.17) is 20.8 Å². The smallest absolute Gasteiger partial charge is 0.228 e. The van der Waals surface area contributed by atoms with Crippen molar-refractivity contribution in [2.45, 2.75) is 6.61 Å². The van der Waals surface area contributed by atoms with E-state index in [0.29, 0.717) is 17.5 Å². The molecular formula is C10H7BrClNO2. The second-order valence-electron chi connectivity index (χ2n) is 2.81. The Morgan fingerprint density at radius 1 is 1.53 bits per heavy atom. The first-order valence-electron chi connectivity index (χ1n) is 4.22. The molecule has 78 valence electrons. The van der Waals surface area contributed by atoms with Crippen molar-refractivity contribution in [1.82, 2.24) is 4.98 Å². The van der Waals surface area contributed by atoms with E-state index in [1.807, 2.05) is 12.1 Å². The molecule has 2 rings (SSSR count). The van der Waals surface area contributed by atoms with Gasteiger partial charge in [-0.3, -0.25) is 0 Å². The molecule has 5 heteroatoms. The summed E-state index contributed by atoms with van der Waals surface area (Å²) < 4.78 is 11.3. The van der Waals surface area contributed by atoms with Crippen LogP contribution in [0.15, 0.2) is 39.5 Å². The molecule has 0 aliphatic heterocycles. The fourth-order valence-corrected chi connectivity index (χ4v) is 1.80. The summed E-state index contributed by atoms with van der Waals surface area (Å²) in [7, 11) is 0. The molecule has 2 heterocycles. The van der Waals surface area contributed by atoms with Crippen LogP contribution in [0.5, 0.6) is 5.88 Å². The van der Waals surface area contributed by atoms with Crippen molar-refractivity contribution in [1.29, 1.82) is 0 Å². The lowest BCUT2D eigenvalue weighted by molar-refractivity contribution is 0.259. The first-order chi connectivity index (χ1) is 7.25. The molecule has 0 N–H and O–H groups in total. The molecular weight excluding hydrogens is 281 g/mol. The molecule has 0 saturated carbocycles. The van der Waals surface area contributed by atoms with Crippen molar-refractivity contribution in [3.63, 3.8) is 0 Å². The Balaban J connectivity index is 2.05. The minimum absolute atomic E-state index is 0.347. The van der Waals surface area contributed by atoms with E-state index >= 15 is 0 Å². The van der Waals surface area contributed by atoms with Gasteiger partial charge in [-0.05, 0) is 34.1 Å². The Hall–Kier alpha value is -1.00. The fraction of sp³-hybridized carbons (Fsp3) is 0.100. The summed E-state index contributed by atoms with van der Waals surface area (Å²) in [5, 5.41) is 0.562. The third kappa shape index (κ3) is 2.73. The predicted octanol–water partition coefficient (Wildman–Crippen LogP) is 3.67. The lowest BCUT2D eigenvalue weighted by atomic mass is 10.4. The maximum absolute atomic E-state index is 5.75. The van der Waals surface area contributed by atoms with Crippen molar-refractivity contribution in [2.24, 2.45) is 0 Å². The van der Waals surface area contributed by atoms with Crippen molar-refractivity contribution in [3.05, 3.63) is 45.9 Å². The van der Waals surface area contributed by atoms with Gasteiger partial charge < -0.3 is 9.15 Å². The van der Waals surface area contributed by atoms with Crippen LogP contribution in [0.4, 0.5) is 0 Å². The number of ether oxygens (including phenoxy) is 1. The van der Waals surface area contributed by atoms with E-state index in [-0.39, 0.29) is 0 Å². The number of halogens is 2. The third-order valence-corrected chi connectivity index (χ3v) is 2.48. The Bertz CT molecular complexity index is 445. The van der Waals surface area contributed by atoms with E-state index in [0.717, 1.165) is 10.2 Å². The van der Waals surface area contributed by atoms with Crippen LogP contribution in [0.25, 0.3) is 0 Å². The number of rotatable bonds is 3. The first kappa shape index (κ1) is 10.5. The van der Waals surface area contributed by atoms with Gasteiger partial charge in [0.25, 0.3) is 0 Å². The highest BCUT2D eigenvalue weighted by atomic mass is 79.9. The second kappa shape index (κ2) is 4.68. The second-order valence-corrected chi connectivity index (χ2v) is 4.10. The van der Waals surface area contributed by atoms with Gasteiger partial charge in [0.15, 0.2) is 0 Å². The molecule has 0 spiro atoms. The topological polar surface area (TPSA) is 35.3 Å². The molecule has 2 aromatic rings. The molecule has 0 saturated heterocycles. The number of nitrogens with zero attached hydrogens (tertiary/aromatic N) is 1. The highest BCUT2D eigenvalue weighted by Crippen LogP contribution is 2.25. The van der Waals surface area contributed by atoms with Gasteiger partial charge in [0.2, 0.25) is 5.88 Å². The van der Waals surface area contributed by atoms with Crippen LogP contribution in [0.3, 0.4) is 0 Å². The third-order valence-electron chi connectivity index (χ3n) is 1.71. The van der Waals surface area contributed by atoms with E-state index in [9.17, 15) is 0 Å². The number of hydrogen-bond acceptors (Lipinski definition) is 3. The van der Waals surface area contributed by atoms with Gasteiger partial charge in [-0.15, -0.1) is 0 Å². The van der Waals surface area contributed by atoms with Gasteiger partial charge in [-0.1, -0.05) is 11.6 Å². The summed E-state index contributed by atoms with van der Waals surface area (Å²) in [5.41, 5.74) is 0. The Morgan fingerprint density at radius 3 is 3.07 bits per heavy atom. The minimum Gasteiger partial charge on any atom is -0.469 e. The molecule has 0 radical (unpaired) electrons. The molecule has 0 aliphatic rings. The quantitative estimate of drug-likeness (QED) is 0.864. The van der Waals surface area contributed by atoms with Crippen molar-refractivity contribution >= 4 is 27.5 Å². The normalized spacial score (nSPS) is 10.3. The van der Waals surface area contributed by atoms with Gasteiger partial charge in [-0.2, -0.15) is 0 Å². The van der Waals surface area contributed by atoms with Crippen LogP contribution in [0, 0.1) is 0 Å². The zero-order valence-electron chi connectivity index (χ0n) is 7.61. The molecule has 0 amide bonds. The SMILES string of the molecule is Clc1cnc(OCc2ccco2)c(Br)c1. The maximum atomic E-state index is 5.75. The number of aromatic nitrogens is 1. The average molecular weight is 289 g/mol. The van der Waals surface area contributed by atoms with Crippen LogP contribution in [-0.4, -0.2) is 4.98 Å². The Kier molecular flexibility index (Phi) is 3.28. The van der Waals surface area contributed by atoms with Crippen LogP contribution in [0.1, 0.15) is 5.76 Å². The molecule has 0 aromatic carbocycles. The highest BCUT2D eigenvalue weighted by molar-refractivity contribution is 9.10. The standard InChI is InChI=1S/C10H7BrClNO2/c11-9-4-7(12)5-13-10(9)15-6-8-2-1-3-14-8/h1-5H,6H2. The molecule has 3 nitrogen and oxygen atoms in total. The van der Waals surface area contributed by atoms with Crippen molar-refractivity contribution in [2.75, 3.05) is 0 Å². The molecule has 0 bridgehead atoms. The monoisotopic (exact) mass is 287 g/mol. The number of hydrogen-bond donors (Lipinski definition) is 0. The Morgan fingerprint density at radius 2 is 2.40 bits per heavy atom. The lowest BCUT2D eigenvalue weighted by Gasteiger charge is -2.04. The van der Waals surface area contributed by atoms with Gasteiger partial charge in [0.1, 0.15) is 12.4 Å². The van der Waals surface area contributed by atoms with E-state index in [1.54, 1.807) is 12.3 Å². The van der Waals surface area contributed by atoms with Gasteiger partial charge in [0, 0.05) is 6.20 Å². The molecule has 0 unspecified atom stereocenters. The number of furan rings is 1. The highest BCUT2D eigenvalue weighted by Gasteiger charge is 2.04. The lowest BCUT2D eigenvalue weighted by Crippen LogP contribution is -1.96. The summed E-state index contributed by atoms with van der Waals surface area (Å²) in [4.78, 5) is 4.03. The molecule has 0 fully saturated rings. The minimum atomic E-state index is 0.347. The molecule has 15 heavy (non-hydrogen) atoms. The molecule has 2 aromatic heterocycles. The zero-order chi connectivity index (χ0) is 10.7. The molecule has 0 aliphatic carbocycles. The van der Waals surface area contributed by atoms with Crippen LogP contribution < -0.4 is 4.74 Å². The van der Waals surface area contributed by atoms with Crippen LogP contribution >= 0.6 is 27.5 Å². The number of pyridine rings is 1. The summed E-state index contributed by atoms with van der Waals surface area (Å²) in [5.74, 6) is 1.24. The summed E-state index contributed by atoms with van der Waals surface area (Å²) in [6.07, 6.45) is 3.13. The average Bonchev–Trinajstić information content (AvgIpc) is 2.69. The van der Waals surface area contributed by atoms with Crippen LogP contribution in [-0.2, 0) is 6.61 Å². The zero-order valence-corrected chi connectivity index (χ0v) is 9.96. The summed E-state index contributed by atoms with van der Waals surface area (Å²) in [6.45, 7) is 0.347. The Labute approximate surface area is 100 Å². The van der Waals surface area contributed by atoms with Crippen molar-refractivity contribution < 1.29 is 9.15 Å². The van der Waals surface area contributed by atoms with Crippen molar-refractivity contribution in [3.8, 4) is 5.88 Å². The van der Waals surface area contributed by atoms with Gasteiger partial charge >= 0.3 is 0 Å². The van der Waals surface area contributed by atoms with E-state index < -0.39 is 0 Å². The maximum Gasteiger partial charge on any atom is 0.228 e.